The van der Waals surface area contributed by atoms with Gasteiger partial charge in [-0.3, -0.25) is 10.1 Å². The molecule has 0 saturated carbocycles. The van der Waals surface area contributed by atoms with E-state index in [0.717, 1.165) is 6.20 Å². The van der Waals surface area contributed by atoms with Gasteiger partial charge in [0.05, 0.1) is 4.92 Å². The molecule has 23 heavy (non-hydrogen) atoms. The average Bonchev–Trinajstić information content (AvgIpc) is 2.44. The monoisotopic (exact) mass is 345 g/mol. The third-order valence-electron chi connectivity index (χ3n) is 2.63. The molecule has 0 saturated heterocycles. The Morgan fingerprint density at radius 1 is 1.35 bits per heavy atom. The summed E-state index contributed by atoms with van der Waals surface area (Å²) in [6, 6.07) is 5.97. The van der Waals surface area contributed by atoms with Crippen LogP contribution in [0.3, 0.4) is 0 Å². The van der Waals surface area contributed by atoms with E-state index in [1.807, 2.05) is 0 Å². The van der Waals surface area contributed by atoms with Gasteiger partial charge >= 0.3 is 11.2 Å². The summed E-state index contributed by atoms with van der Waals surface area (Å²) in [5, 5.41) is 13.3. The van der Waals surface area contributed by atoms with Crippen molar-refractivity contribution in [1.82, 2.24) is 9.97 Å². The van der Waals surface area contributed by atoms with Crippen molar-refractivity contribution in [2.24, 2.45) is 0 Å². The van der Waals surface area contributed by atoms with Crippen LogP contribution in [0.4, 0.5) is 30.6 Å². The summed E-state index contributed by atoms with van der Waals surface area (Å²) in [5.74, 6) is -0.342. The molecule has 1 heterocycles. The van der Waals surface area contributed by atoms with E-state index in [4.69, 9.17) is 5.73 Å². The number of thioether (sulfide) groups is 1. The van der Waals surface area contributed by atoms with Crippen molar-refractivity contribution in [3.63, 3.8) is 0 Å². The zero-order valence-corrected chi connectivity index (χ0v) is 12.2. The van der Waals surface area contributed by atoms with Gasteiger partial charge in [0, 0.05) is 11.4 Å². The van der Waals surface area contributed by atoms with E-state index in [-0.39, 0.29) is 35.0 Å². The van der Waals surface area contributed by atoms with Gasteiger partial charge in [0.25, 0.3) is 0 Å². The third-order valence-corrected chi connectivity index (χ3v) is 3.48. The highest BCUT2D eigenvalue weighted by Gasteiger charge is 2.30. The smallest absolute Gasteiger partial charge is 0.378 e. The molecule has 122 valence electrons. The Kier molecular flexibility index (Phi) is 4.89. The molecule has 3 N–H and O–H groups in total. The summed E-state index contributed by atoms with van der Waals surface area (Å²) in [7, 11) is 0. The van der Waals surface area contributed by atoms with Crippen LogP contribution in [-0.2, 0) is 6.54 Å². The Morgan fingerprint density at radius 3 is 2.65 bits per heavy atom. The maximum Gasteiger partial charge on any atom is 0.446 e. The summed E-state index contributed by atoms with van der Waals surface area (Å²) in [6.07, 6.45) is 0.932. The third kappa shape index (κ3) is 4.71. The van der Waals surface area contributed by atoms with E-state index in [0.29, 0.717) is 5.56 Å². The van der Waals surface area contributed by atoms with Gasteiger partial charge in [0.1, 0.15) is 6.20 Å². The first kappa shape index (κ1) is 16.8. The molecule has 0 amide bonds. The Hall–Kier alpha value is -2.56. The molecule has 0 bridgehead atoms. The molecule has 0 spiro atoms. The van der Waals surface area contributed by atoms with Crippen LogP contribution in [0.1, 0.15) is 5.56 Å². The average molecular weight is 345 g/mol. The Labute approximate surface area is 132 Å². The normalized spacial score (nSPS) is 11.3. The van der Waals surface area contributed by atoms with Crippen LogP contribution in [0.25, 0.3) is 0 Å². The molecule has 0 aliphatic heterocycles. The SMILES string of the molecule is Nc1nc(NCc2ccccc2SC(F)(F)F)ncc1[N+](=O)[O-]. The molecule has 0 radical (unpaired) electrons. The van der Waals surface area contributed by atoms with Crippen molar-refractivity contribution >= 4 is 29.2 Å². The number of alkyl halides is 3. The van der Waals surface area contributed by atoms with Crippen LogP contribution >= 0.6 is 11.8 Å². The van der Waals surface area contributed by atoms with E-state index in [9.17, 15) is 23.3 Å². The molecule has 0 aliphatic carbocycles. The second kappa shape index (κ2) is 6.69. The predicted octanol–water partition coefficient (Wildman–Crippen LogP) is 3.19. The van der Waals surface area contributed by atoms with Crippen molar-refractivity contribution in [1.29, 1.82) is 0 Å². The molecule has 0 unspecified atom stereocenters. The zero-order chi connectivity index (χ0) is 17.0. The van der Waals surface area contributed by atoms with Crippen LogP contribution in [0, 0.1) is 10.1 Å². The first-order valence-corrected chi connectivity index (χ1v) is 6.92. The van der Waals surface area contributed by atoms with Gasteiger partial charge < -0.3 is 11.1 Å². The van der Waals surface area contributed by atoms with Gasteiger partial charge in [-0.2, -0.15) is 18.2 Å². The molecule has 11 heteroatoms. The number of nitrogens with one attached hydrogen (secondary N) is 1. The highest BCUT2D eigenvalue weighted by Crippen LogP contribution is 2.38. The lowest BCUT2D eigenvalue weighted by atomic mass is 10.2. The molecule has 1 aromatic carbocycles. The molecule has 1 aromatic heterocycles. The molecule has 0 atom stereocenters. The number of nitrogens with zero attached hydrogens (tertiary/aromatic N) is 3. The fraction of sp³-hybridized carbons (Fsp3) is 0.167. The number of benzene rings is 1. The molecular formula is C12H10F3N5O2S. The van der Waals surface area contributed by atoms with E-state index in [2.05, 4.69) is 15.3 Å². The van der Waals surface area contributed by atoms with Crippen molar-refractivity contribution in [3.05, 3.63) is 46.1 Å². The number of aromatic nitrogens is 2. The number of hydrogen-bond acceptors (Lipinski definition) is 7. The highest BCUT2D eigenvalue weighted by molar-refractivity contribution is 8.00. The van der Waals surface area contributed by atoms with Crippen molar-refractivity contribution in [3.8, 4) is 0 Å². The standard InChI is InChI=1S/C12H10F3N5O2S/c13-12(14,15)23-9-4-2-1-3-7(9)5-17-11-18-6-8(20(21)22)10(16)19-11/h1-4,6H,5H2,(H3,16,17,18,19). The fourth-order valence-electron chi connectivity index (χ4n) is 1.66. The maximum atomic E-state index is 12.5. The summed E-state index contributed by atoms with van der Waals surface area (Å²) in [6.45, 7) is 0.0104. The van der Waals surface area contributed by atoms with Crippen LogP contribution < -0.4 is 11.1 Å². The number of nitro groups is 1. The van der Waals surface area contributed by atoms with Crippen LogP contribution in [0.15, 0.2) is 35.4 Å². The quantitative estimate of drug-likeness (QED) is 0.487. The molecule has 2 aromatic rings. The van der Waals surface area contributed by atoms with Crippen LogP contribution in [0.5, 0.6) is 0 Å². The van der Waals surface area contributed by atoms with E-state index in [1.54, 1.807) is 6.07 Å². The van der Waals surface area contributed by atoms with Gasteiger partial charge in [-0.25, -0.2) is 4.98 Å². The van der Waals surface area contributed by atoms with E-state index < -0.39 is 16.1 Å². The summed E-state index contributed by atoms with van der Waals surface area (Å²) >= 11 is -0.223. The number of nitrogen functional groups attached to an aromatic ring is 1. The number of rotatable bonds is 5. The fourth-order valence-corrected chi connectivity index (χ4v) is 2.33. The zero-order valence-electron chi connectivity index (χ0n) is 11.4. The number of nitrogens with two attached hydrogens (primary N) is 1. The lowest BCUT2D eigenvalue weighted by molar-refractivity contribution is -0.384. The van der Waals surface area contributed by atoms with E-state index >= 15 is 0 Å². The molecule has 7 nitrogen and oxygen atoms in total. The minimum Gasteiger partial charge on any atom is -0.378 e. The van der Waals surface area contributed by atoms with Gasteiger partial charge in [0.15, 0.2) is 0 Å². The molecular weight excluding hydrogens is 335 g/mol. The van der Waals surface area contributed by atoms with Crippen molar-refractivity contribution in [2.45, 2.75) is 16.9 Å². The van der Waals surface area contributed by atoms with Gasteiger partial charge in [-0.15, -0.1) is 0 Å². The second-order valence-electron chi connectivity index (χ2n) is 4.23. The highest BCUT2D eigenvalue weighted by atomic mass is 32.2. The van der Waals surface area contributed by atoms with Crippen LogP contribution in [-0.4, -0.2) is 20.4 Å². The van der Waals surface area contributed by atoms with Crippen molar-refractivity contribution < 1.29 is 18.1 Å². The first-order chi connectivity index (χ1) is 10.8. The minimum absolute atomic E-state index is 0.0104. The number of anilines is 2. The topological polar surface area (TPSA) is 107 Å². The van der Waals surface area contributed by atoms with E-state index in [1.165, 1.54) is 18.2 Å². The van der Waals surface area contributed by atoms with Gasteiger partial charge in [0.2, 0.25) is 11.8 Å². The summed E-state index contributed by atoms with van der Waals surface area (Å²) in [5.41, 5.74) is 0.964. The molecule has 0 aliphatic rings. The Morgan fingerprint density at radius 2 is 2.04 bits per heavy atom. The molecule has 2 rings (SSSR count). The Bertz CT molecular complexity index is 726. The minimum atomic E-state index is -4.40. The first-order valence-electron chi connectivity index (χ1n) is 6.10. The second-order valence-corrected chi connectivity index (χ2v) is 5.34. The summed E-state index contributed by atoms with van der Waals surface area (Å²) in [4.78, 5) is 17.3. The Balaban J connectivity index is 2.12. The maximum absolute atomic E-state index is 12.5. The molecule has 0 fully saturated rings. The lowest BCUT2D eigenvalue weighted by Crippen LogP contribution is -2.08. The lowest BCUT2D eigenvalue weighted by Gasteiger charge is -2.11. The predicted molar refractivity (Wildman–Crippen MR) is 78.8 cm³/mol. The van der Waals surface area contributed by atoms with Gasteiger partial charge in [-0.05, 0) is 23.4 Å². The number of hydrogen-bond donors (Lipinski definition) is 2. The van der Waals surface area contributed by atoms with Crippen LogP contribution in [0.2, 0.25) is 0 Å². The number of halogens is 3. The van der Waals surface area contributed by atoms with Crippen molar-refractivity contribution in [2.75, 3.05) is 11.1 Å². The largest absolute Gasteiger partial charge is 0.446 e. The summed E-state index contributed by atoms with van der Waals surface area (Å²) < 4.78 is 37.5. The van der Waals surface area contributed by atoms with Gasteiger partial charge in [-0.1, -0.05) is 18.2 Å².